The number of hydrogen-bond donors (Lipinski definition) is 1. The molecule has 4 rings (SSSR count). The molecule has 0 saturated carbocycles. The third-order valence-corrected chi connectivity index (χ3v) is 5.80. The van der Waals surface area contributed by atoms with Crippen LogP contribution in [0.2, 0.25) is 0 Å². The fourth-order valence-corrected chi connectivity index (χ4v) is 3.94. The van der Waals surface area contributed by atoms with Crippen molar-refractivity contribution in [3.05, 3.63) is 84.6 Å². The van der Waals surface area contributed by atoms with E-state index in [0.29, 0.717) is 12.3 Å². The van der Waals surface area contributed by atoms with E-state index in [1.165, 1.54) is 11.1 Å². The fraction of sp³-hybridized carbons (Fsp3) is 0.207. The lowest BCUT2D eigenvalue weighted by molar-refractivity contribution is -0.116. The lowest BCUT2D eigenvalue weighted by Gasteiger charge is -2.10. The number of methoxy groups -OCH3 is 1. The van der Waals surface area contributed by atoms with E-state index < -0.39 is 0 Å². The van der Waals surface area contributed by atoms with Gasteiger partial charge in [-0.25, -0.2) is 0 Å². The molecule has 4 heteroatoms. The maximum Gasteiger partial charge on any atom is 0.244 e. The number of unbranched alkanes of at least 4 members (excludes halogenated alkanes) is 1. The molecule has 0 saturated heterocycles. The van der Waals surface area contributed by atoms with Crippen LogP contribution in [0.25, 0.3) is 38.8 Å². The smallest absolute Gasteiger partial charge is 0.244 e. The molecule has 0 aliphatic rings. The summed E-state index contributed by atoms with van der Waals surface area (Å²) in [5, 5.41) is 3.92. The van der Waals surface area contributed by atoms with Crippen LogP contribution in [0.1, 0.15) is 32.3 Å². The number of ether oxygens (including phenoxy) is 1. The minimum Gasteiger partial charge on any atom is -0.496 e. The van der Waals surface area contributed by atoms with Crippen LogP contribution >= 0.6 is 0 Å². The van der Waals surface area contributed by atoms with Gasteiger partial charge in [0, 0.05) is 35.2 Å². The Balaban J connectivity index is 1.68. The summed E-state index contributed by atoms with van der Waals surface area (Å²) in [6, 6.07) is 22.7. The summed E-state index contributed by atoms with van der Waals surface area (Å²) in [6.07, 6.45) is 5.42. The summed E-state index contributed by atoms with van der Waals surface area (Å²) >= 11 is 0. The molecular weight excluding hydrogens is 410 g/mol. The van der Waals surface area contributed by atoms with E-state index in [4.69, 9.17) is 9.15 Å². The zero-order chi connectivity index (χ0) is 23.2. The lowest BCUT2D eigenvalue weighted by atomic mass is 9.97. The topological polar surface area (TPSA) is 51.5 Å². The Morgan fingerprint density at radius 1 is 1.00 bits per heavy atom. The van der Waals surface area contributed by atoms with E-state index >= 15 is 0 Å². The molecule has 1 N–H and O–H groups in total. The van der Waals surface area contributed by atoms with E-state index in [9.17, 15) is 4.79 Å². The van der Waals surface area contributed by atoms with Crippen LogP contribution in [0.15, 0.2) is 83.5 Å². The fourth-order valence-electron chi connectivity index (χ4n) is 3.94. The number of nitrogens with one attached hydrogen (secondary N) is 1. The molecule has 1 heterocycles. The van der Waals surface area contributed by atoms with Crippen molar-refractivity contribution in [1.29, 1.82) is 0 Å². The Bertz CT molecular complexity index is 1270. The second-order valence-corrected chi connectivity index (χ2v) is 8.11. The number of allylic oxidation sites excluding steroid dienone is 1. The van der Waals surface area contributed by atoms with Crippen LogP contribution in [-0.4, -0.2) is 19.6 Å². The number of carbonyl (C=O) groups excluding carboxylic acids is 1. The summed E-state index contributed by atoms with van der Waals surface area (Å²) in [5.41, 5.74) is 6.90. The first-order valence-corrected chi connectivity index (χ1v) is 11.3. The number of amides is 1. The highest BCUT2D eigenvalue weighted by Crippen LogP contribution is 2.37. The van der Waals surface area contributed by atoms with Crippen molar-refractivity contribution < 1.29 is 13.9 Å². The van der Waals surface area contributed by atoms with Gasteiger partial charge < -0.3 is 14.5 Å². The first-order chi connectivity index (χ1) is 16.1. The predicted octanol–water partition coefficient (Wildman–Crippen LogP) is 7.10. The molecule has 4 aromatic rings. The van der Waals surface area contributed by atoms with Crippen molar-refractivity contribution in [2.24, 2.45) is 0 Å². The zero-order valence-electron chi connectivity index (χ0n) is 19.4. The minimum atomic E-state index is -0.0907. The molecule has 0 spiro atoms. The quantitative estimate of drug-likeness (QED) is 0.235. The monoisotopic (exact) mass is 439 g/mol. The van der Waals surface area contributed by atoms with Crippen molar-refractivity contribution in [1.82, 2.24) is 5.32 Å². The summed E-state index contributed by atoms with van der Waals surface area (Å²) in [6.45, 7) is 4.71. The number of carbonyl (C=O) groups is 1. The van der Waals surface area contributed by atoms with Crippen LogP contribution in [0, 0.1) is 0 Å². The summed E-state index contributed by atoms with van der Waals surface area (Å²) < 4.78 is 11.5. The van der Waals surface area contributed by atoms with E-state index in [1.807, 2.05) is 37.3 Å². The summed E-state index contributed by atoms with van der Waals surface area (Å²) in [4.78, 5) is 12.3. The minimum absolute atomic E-state index is 0.0907. The molecule has 168 valence electrons. The van der Waals surface area contributed by atoms with E-state index in [2.05, 4.69) is 48.6 Å². The van der Waals surface area contributed by atoms with Crippen LogP contribution in [0.4, 0.5) is 0 Å². The van der Waals surface area contributed by atoms with Gasteiger partial charge in [0.2, 0.25) is 5.91 Å². The normalized spacial score (nSPS) is 11.5. The number of hydrogen-bond acceptors (Lipinski definition) is 3. The van der Waals surface area contributed by atoms with E-state index in [-0.39, 0.29) is 5.91 Å². The van der Waals surface area contributed by atoms with Crippen LogP contribution < -0.4 is 10.1 Å². The molecule has 0 aliphatic carbocycles. The Morgan fingerprint density at radius 3 is 2.39 bits per heavy atom. The number of furan rings is 1. The van der Waals surface area contributed by atoms with Gasteiger partial charge >= 0.3 is 0 Å². The Labute approximate surface area is 194 Å². The molecule has 1 amide bonds. The maximum absolute atomic E-state index is 12.3. The van der Waals surface area contributed by atoms with Crippen LogP contribution in [-0.2, 0) is 4.79 Å². The van der Waals surface area contributed by atoms with Gasteiger partial charge in [-0.05, 0) is 41.7 Å². The van der Waals surface area contributed by atoms with Gasteiger partial charge in [0.1, 0.15) is 11.3 Å². The van der Waals surface area contributed by atoms with Gasteiger partial charge in [0.15, 0.2) is 0 Å². The lowest BCUT2D eigenvalue weighted by Crippen LogP contribution is -2.22. The molecule has 0 unspecified atom stereocenters. The first kappa shape index (κ1) is 22.4. The van der Waals surface area contributed by atoms with Crippen molar-refractivity contribution in [2.75, 3.05) is 13.7 Å². The molecule has 0 atom stereocenters. The highest BCUT2D eigenvalue weighted by atomic mass is 16.5. The highest BCUT2D eigenvalue weighted by molar-refractivity contribution is 6.00. The second kappa shape index (κ2) is 10.2. The molecule has 0 aliphatic heterocycles. The van der Waals surface area contributed by atoms with Crippen LogP contribution in [0.3, 0.4) is 0 Å². The van der Waals surface area contributed by atoms with Gasteiger partial charge in [0.05, 0.1) is 13.4 Å². The average molecular weight is 440 g/mol. The van der Waals surface area contributed by atoms with Crippen molar-refractivity contribution in [3.63, 3.8) is 0 Å². The summed E-state index contributed by atoms with van der Waals surface area (Å²) in [7, 11) is 1.63. The zero-order valence-corrected chi connectivity index (χ0v) is 19.4. The molecule has 0 radical (unpaired) electrons. The standard InChI is InChI=1S/C29H29NO3/c1-4-5-15-30-29(31)16-20(2)24-17-25-26(19-33-28(25)18-27(24)32-3)23-13-11-22(12-14-23)21-9-7-6-8-10-21/h6-14,16-19H,4-5,15H2,1-3H3,(H,30,31)/b20-16+. The van der Waals surface area contributed by atoms with Gasteiger partial charge in [0.25, 0.3) is 0 Å². The molecule has 0 bridgehead atoms. The van der Waals surface area contributed by atoms with Gasteiger partial charge in [-0.1, -0.05) is 67.9 Å². The number of benzene rings is 3. The third-order valence-electron chi connectivity index (χ3n) is 5.80. The van der Waals surface area contributed by atoms with E-state index in [0.717, 1.165) is 46.1 Å². The predicted molar refractivity (Wildman–Crippen MR) is 135 cm³/mol. The second-order valence-electron chi connectivity index (χ2n) is 8.11. The number of rotatable bonds is 8. The SMILES string of the molecule is CCCCNC(=O)/C=C(\C)c1cc2c(-c3ccc(-c4ccccc4)cc3)coc2cc1OC. The molecule has 0 fully saturated rings. The highest BCUT2D eigenvalue weighted by Gasteiger charge is 2.15. The molecular formula is C29H29NO3. The Hall–Kier alpha value is -3.79. The first-order valence-electron chi connectivity index (χ1n) is 11.3. The maximum atomic E-state index is 12.3. The van der Waals surface area contributed by atoms with Crippen molar-refractivity contribution >= 4 is 22.4 Å². The molecule has 3 aromatic carbocycles. The van der Waals surface area contributed by atoms with Gasteiger partial charge in [-0.2, -0.15) is 0 Å². The number of fused-ring (bicyclic) bond motifs is 1. The summed E-state index contributed by atoms with van der Waals surface area (Å²) in [5.74, 6) is 0.588. The average Bonchev–Trinajstić information content (AvgIpc) is 3.27. The molecule has 33 heavy (non-hydrogen) atoms. The van der Waals surface area contributed by atoms with E-state index in [1.54, 1.807) is 19.4 Å². The Morgan fingerprint density at radius 2 is 1.70 bits per heavy atom. The van der Waals surface area contributed by atoms with Crippen molar-refractivity contribution in [2.45, 2.75) is 26.7 Å². The third kappa shape index (κ3) is 5.01. The van der Waals surface area contributed by atoms with Gasteiger partial charge in [-0.3, -0.25) is 4.79 Å². The largest absolute Gasteiger partial charge is 0.496 e. The van der Waals surface area contributed by atoms with Gasteiger partial charge in [-0.15, -0.1) is 0 Å². The van der Waals surface area contributed by atoms with Crippen LogP contribution in [0.5, 0.6) is 5.75 Å². The van der Waals surface area contributed by atoms with Crippen molar-refractivity contribution in [3.8, 4) is 28.0 Å². The molecule has 1 aromatic heterocycles. The Kier molecular flexibility index (Phi) is 6.94. The molecule has 4 nitrogen and oxygen atoms in total.